The van der Waals surface area contributed by atoms with E-state index >= 15 is 0 Å². The number of hydrogen-bond donors (Lipinski definition) is 2. The molecule has 21 heavy (non-hydrogen) atoms. The first-order chi connectivity index (χ1) is 10.1. The van der Waals surface area contributed by atoms with Crippen molar-refractivity contribution in [3.63, 3.8) is 0 Å². The number of nitrogens with zero attached hydrogens (tertiary/aromatic N) is 1. The first-order valence-electron chi connectivity index (χ1n) is 6.30. The first-order valence-corrected chi connectivity index (χ1v) is 6.67. The molecule has 4 nitrogen and oxygen atoms in total. The number of nitrogens with one attached hydrogen (secondary N) is 1. The van der Waals surface area contributed by atoms with Gasteiger partial charge >= 0.3 is 5.97 Å². The second-order valence-electron chi connectivity index (χ2n) is 4.49. The lowest BCUT2D eigenvalue weighted by atomic mass is 10.1. The molecule has 2 aromatic carbocycles. The maximum Gasteiger partial charge on any atom is 0.354 e. The number of rotatable bonds is 3. The van der Waals surface area contributed by atoms with E-state index in [2.05, 4.69) is 10.3 Å². The molecule has 0 unspecified atom stereocenters. The number of pyridine rings is 1. The minimum Gasteiger partial charge on any atom is -0.477 e. The number of aromatic carboxylic acids is 1. The van der Waals surface area contributed by atoms with Gasteiger partial charge in [-0.1, -0.05) is 48.0 Å². The van der Waals surface area contributed by atoms with Crippen LogP contribution in [0.5, 0.6) is 0 Å². The Labute approximate surface area is 126 Å². The van der Waals surface area contributed by atoms with Crippen LogP contribution in [0.3, 0.4) is 0 Å². The second kappa shape index (κ2) is 5.42. The lowest BCUT2D eigenvalue weighted by Gasteiger charge is -2.11. The Morgan fingerprint density at radius 1 is 1.10 bits per heavy atom. The quantitative estimate of drug-likeness (QED) is 0.755. The van der Waals surface area contributed by atoms with E-state index in [0.29, 0.717) is 16.5 Å². The van der Waals surface area contributed by atoms with Gasteiger partial charge in [-0.15, -0.1) is 0 Å². The van der Waals surface area contributed by atoms with Crippen molar-refractivity contribution in [2.24, 2.45) is 0 Å². The number of hydrogen-bond acceptors (Lipinski definition) is 3. The van der Waals surface area contributed by atoms with Gasteiger partial charge in [0.2, 0.25) is 0 Å². The molecule has 104 valence electrons. The SMILES string of the molecule is O=C(O)c1cc2ccccc2c(Nc2ccccc2Cl)n1. The normalized spacial score (nSPS) is 10.5. The van der Waals surface area contributed by atoms with E-state index in [0.717, 1.165) is 10.8 Å². The third-order valence-corrected chi connectivity index (χ3v) is 3.42. The van der Waals surface area contributed by atoms with Crippen molar-refractivity contribution in [1.29, 1.82) is 0 Å². The highest BCUT2D eigenvalue weighted by Crippen LogP contribution is 2.29. The Bertz CT molecular complexity index is 833. The molecule has 0 atom stereocenters. The zero-order chi connectivity index (χ0) is 14.8. The van der Waals surface area contributed by atoms with Crippen LogP contribution in [-0.2, 0) is 0 Å². The van der Waals surface area contributed by atoms with Gasteiger partial charge in [-0.05, 0) is 23.6 Å². The molecule has 3 aromatic rings. The maximum absolute atomic E-state index is 11.2. The first kappa shape index (κ1) is 13.4. The van der Waals surface area contributed by atoms with Gasteiger partial charge in [-0.25, -0.2) is 9.78 Å². The Balaban J connectivity index is 2.16. The lowest BCUT2D eigenvalue weighted by molar-refractivity contribution is 0.0691. The van der Waals surface area contributed by atoms with Crippen molar-refractivity contribution in [2.45, 2.75) is 0 Å². The average molecular weight is 299 g/mol. The summed E-state index contributed by atoms with van der Waals surface area (Å²) in [5, 5.41) is 14.5. The molecule has 0 spiro atoms. The predicted octanol–water partition coefficient (Wildman–Crippen LogP) is 4.33. The Kier molecular flexibility index (Phi) is 3.46. The van der Waals surface area contributed by atoms with Gasteiger partial charge in [0.05, 0.1) is 10.7 Å². The molecule has 0 aliphatic rings. The number of halogens is 1. The van der Waals surface area contributed by atoms with Crippen molar-refractivity contribution >= 4 is 39.8 Å². The smallest absolute Gasteiger partial charge is 0.354 e. The van der Waals surface area contributed by atoms with E-state index in [-0.39, 0.29) is 5.69 Å². The van der Waals surface area contributed by atoms with Crippen LogP contribution in [0.1, 0.15) is 10.5 Å². The van der Waals surface area contributed by atoms with Crippen LogP contribution in [0.4, 0.5) is 11.5 Å². The van der Waals surface area contributed by atoms with Crippen molar-refractivity contribution in [3.05, 3.63) is 65.3 Å². The molecule has 0 saturated heterocycles. The van der Waals surface area contributed by atoms with Crippen LogP contribution in [0, 0.1) is 0 Å². The van der Waals surface area contributed by atoms with Gasteiger partial charge < -0.3 is 10.4 Å². The molecule has 1 heterocycles. The van der Waals surface area contributed by atoms with Crippen molar-refractivity contribution in [3.8, 4) is 0 Å². The molecule has 1 aromatic heterocycles. The Morgan fingerprint density at radius 3 is 2.57 bits per heavy atom. The van der Waals surface area contributed by atoms with Gasteiger partial charge in [0.15, 0.2) is 5.69 Å². The maximum atomic E-state index is 11.2. The van der Waals surface area contributed by atoms with Crippen molar-refractivity contribution in [2.75, 3.05) is 5.32 Å². The van der Waals surface area contributed by atoms with Gasteiger partial charge in [0, 0.05) is 5.39 Å². The van der Waals surface area contributed by atoms with Crippen LogP contribution >= 0.6 is 11.6 Å². The zero-order valence-corrected chi connectivity index (χ0v) is 11.6. The summed E-state index contributed by atoms with van der Waals surface area (Å²) in [5.41, 5.74) is 0.669. The minimum absolute atomic E-state index is 0.0109. The Hall–Kier alpha value is -2.59. The van der Waals surface area contributed by atoms with Crippen LogP contribution < -0.4 is 5.32 Å². The van der Waals surface area contributed by atoms with E-state index in [9.17, 15) is 9.90 Å². The molecule has 0 amide bonds. The van der Waals surface area contributed by atoms with E-state index in [4.69, 9.17) is 11.6 Å². The summed E-state index contributed by atoms with van der Waals surface area (Å²) in [6, 6.07) is 16.3. The number of aromatic nitrogens is 1. The average Bonchev–Trinajstić information content (AvgIpc) is 2.49. The number of para-hydroxylation sites is 1. The van der Waals surface area contributed by atoms with E-state index < -0.39 is 5.97 Å². The standard InChI is InChI=1S/C16H11ClN2O2/c17-12-7-3-4-8-13(12)18-15-11-6-2-1-5-10(11)9-14(19-15)16(20)21/h1-9H,(H,18,19)(H,20,21). The fourth-order valence-electron chi connectivity index (χ4n) is 2.09. The highest BCUT2D eigenvalue weighted by Gasteiger charge is 2.11. The van der Waals surface area contributed by atoms with Gasteiger partial charge in [0.25, 0.3) is 0 Å². The number of benzene rings is 2. The molecular weight excluding hydrogens is 288 g/mol. The topological polar surface area (TPSA) is 62.2 Å². The highest BCUT2D eigenvalue weighted by molar-refractivity contribution is 6.33. The molecule has 0 saturated carbocycles. The molecule has 0 bridgehead atoms. The summed E-state index contributed by atoms with van der Waals surface area (Å²) in [6.07, 6.45) is 0. The van der Waals surface area contributed by atoms with E-state index in [1.807, 2.05) is 42.5 Å². The third kappa shape index (κ3) is 2.66. The fraction of sp³-hybridized carbons (Fsp3) is 0. The summed E-state index contributed by atoms with van der Waals surface area (Å²) < 4.78 is 0. The summed E-state index contributed by atoms with van der Waals surface area (Å²) >= 11 is 6.12. The molecule has 0 radical (unpaired) electrons. The summed E-state index contributed by atoms with van der Waals surface area (Å²) in [6.45, 7) is 0. The van der Waals surface area contributed by atoms with E-state index in [1.165, 1.54) is 0 Å². The summed E-state index contributed by atoms with van der Waals surface area (Å²) in [7, 11) is 0. The highest BCUT2D eigenvalue weighted by atomic mass is 35.5. The largest absolute Gasteiger partial charge is 0.477 e. The molecule has 5 heteroatoms. The van der Waals surface area contributed by atoms with Gasteiger partial charge in [-0.2, -0.15) is 0 Å². The Morgan fingerprint density at radius 2 is 1.81 bits per heavy atom. The van der Waals surface area contributed by atoms with Crippen LogP contribution in [0.25, 0.3) is 10.8 Å². The third-order valence-electron chi connectivity index (χ3n) is 3.09. The number of fused-ring (bicyclic) bond motifs is 1. The molecular formula is C16H11ClN2O2. The number of carboxylic acid groups (broad SMARTS) is 1. The lowest BCUT2D eigenvalue weighted by Crippen LogP contribution is -2.04. The molecule has 0 aliphatic carbocycles. The van der Waals surface area contributed by atoms with Gasteiger partial charge in [0.1, 0.15) is 5.82 Å². The fourth-order valence-corrected chi connectivity index (χ4v) is 2.28. The molecule has 0 aliphatic heterocycles. The monoisotopic (exact) mass is 298 g/mol. The van der Waals surface area contributed by atoms with Crippen LogP contribution in [0.15, 0.2) is 54.6 Å². The summed E-state index contributed by atoms with van der Waals surface area (Å²) in [5.74, 6) is -0.596. The summed E-state index contributed by atoms with van der Waals surface area (Å²) in [4.78, 5) is 15.4. The van der Waals surface area contributed by atoms with E-state index in [1.54, 1.807) is 12.1 Å². The van der Waals surface area contributed by atoms with Crippen molar-refractivity contribution in [1.82, 2.24) is 4.98 Å². The number of carboxylic acids is 1. The zero-order valence-electron chi connectivity index (χ0n) is 10.9. The van der Waals surface area contributed by atoms with Crippen molar-refractivity contribution < 1.29 is 9.90 Å². The van der Waals surface area contributed by atoms with Crippen LogP contribution in [-0.4, -0.2) is 16.1 Å². The molecule has 3 rings (SSSR count). The minimum atomic E-state index is -1.07. The van der Waals surface area contributed by atoms with Gasteiger partial charge in [-0.3, -0.25) is 0 Å². The molecule has 0 fully saturated rings. The number of anilines is 2. The second-order valence-corrected chi connectivity index (χ2v) is 4.89. The number of carbonyl (C=O) groups is 1. The predicted molar refractivity (Wildman–Crippen MR) is 83.4 cm³/mol. The van der Waals surface area contributed by atoms with Crippen LogP contribution in [0.2, 0.25) is 5.02 Å². The molecule has 2 N–H and O–H groups in total.